The Morgan fingerprint density at radius 2 is 2.00 bits per heavy atom. The second-order valence-electron chi connectivity index (χ2n) is 8.04. The quantitative estimate of drug-likeness (QED) is 0.710. The number of benzene rings is 1. The smallest absolute Gasteiger partial charge is 0.326 e. The predicted octanol–water partition coefficient (Wildman–Crippen LogP) is 2.38. The van der Waals surface area contributed by atoms with E-state index in [-0.39, 0.29) is 37.5 Å². The number of carbonyl (C=O) groups excluding carboxylic acids is 2. The van der Waals surface area contributed by atoms with E-state index in [1.54, 1.807) is 4.90 Å². The SMILES string of the molecule is CCc1ccccc1N1CC(C(=O)NC(CCOC(C)(C)C)C(=O)O)CC1=O. The van der Waals surface area contributed by atoms with Crippen molar-refractivity contribution in [3.05, 3.63) is 29.8 Å². The number of nitrogens with zero attached hydrogens (tertiary/aromatic N) is 1. The Morgan fingerprint density at radius 1 is 1.32 bits per heavy atom. The van der Waals surface area contributed by atoms with Gasteiger partial charge in [0.2, 0.25) is 11.8 Å². The summed E-state index contributed by atoms with van der Waals surface area (Å²) >= 11 is 0. The molecule has 1 fully saturated rings. The lowest BCUT2D eigenvalue weighted by molar-refractivity contribution is -0.143. The molecule has 28 heavy (non-hydrogen) atoms. The van der Waals surface area contributed by atoms with Crippen LogP contribution in [0, 0.1) is 5.92 Å². The molecule has 0 radical (unpaired) electrons. The number of amides is 2. The number of anilines is 1. The molecule has 0 aliphatic carbocycles. The summed E-state index contributed by atoms with van der Waals surface area (Å²) in [7, 11) is 0. The van der Waals surface area contributed by atoms with Crippen molar-refractivity contribution in [2.24, 2.45) is 5.92 Å². The number of ether oxygens (including phenoxy) is 1. The van der Waals surface area contributed by atoms with Crippen molar-refractivity contribution in [1.82, 2.24) is 5.32 Å². The molecule has 0 aromatic heterocycles. The van der Waals surface area contributed by atoms with Gasteiger partial charge in [-0.15, -0.1) is 0 Å². The predicted molar refractivity (Wildman–Crippen MR) is 106 cm³/mol. The number of carboxylic acids is 1. The fourth-order valence-electron chi connectivity index (χ4n) is 3.22. The molecule has 0 spiro atoms. The maximum atomic E-state index is 12.6. The summed E-state index contributed by atoms with van der Waals surface area (Å²) in [6.07, 6.45) is 1.03. The minimum Gasteiger partial charge on any atom is -0.480 e. The van der Waals surface area contributed by atoms with Crippen LogP contribution in [0.15, 0.2) is 24.3 Å². The Bertz CT molecular complexity index is 726. The van der Waals surface area contributed by atoms with E-state index < -0.39 is 23.8 Å². The van der Waals surface area contributed by atoms with Crippen molar-refractivity contribution in [2.75, 3.05) is 18.1 Å². The molecule has 1 saturated heterocycles. The van der Waals surface area contributed by atoms with E-state index in [4.69, 9.17) is 4.74 Å². The molecule has 154 valence electrons. The van der Waals surface area contributed by atoms with Gasteiger partial charge in [0.05, 0.1) is 11.5 Å². The Balaban J connectivity index is 2.00. The second kappa shape index (κ2) is 9.19. The molecule has 1 aliphatic rings. The van der Waals surface area contributed by atoms with Gasteiger partial charge in [-0.3, -0.25) is 9.59 Å². The van der Waals surface area contributed by atoms with Crippen molar-refractivity contribution < 1.29 is 24.2 Å². The van der Waals surface area contributed by atoms with Gasteiger partial charge >= 0.3 is 5.97 Å². The number of para-hydroxylation sites is 1. The molecular weight excluding hydrogens is 360 g/mol. The first-order valence-corrected chi connectivity index (χ1v) is 9.67. The van der Waals surface area contributed by atoms with Crippen LogP contribution in [0.1, 0.15) is 46.1 Å². The Labute approximate surface area is 166 Å². The van der Waals surface area contributed by atoms with Crippen LogP contribution in [0.2, 0.25) is 0 Å². The van der Waals surface area contributed by atoms with E-state index in [0.717, 1.165) is 17.7 Å². The van der Waals surface area contributed by atoms with Crippen molar-refractivity contribution in [3.63, 3.8) is 0 Å². The van der Waals surface area contributed by atoms with Crippen molar-refractivity contribution in [1.29, 1.82) is 0 Å². The summed E-state index contributed by atoms with van der Waals surface area (Å²) in [6, 6.07) is 6.59. The van der Waals surface area contributed by atoms with Gasteiger partial charge in [-0.2, -0.15) is 0 Å². The van der Waals surface area contributed by atoms with Crippen LogP contribution in [0.4, 0.5) is 5.69 Å². The van der Waals surface area contributed by atoms with Gasteiger partial charge in [-0.25, -0.2) is 4.79 Å². The van der Waals surface area contributed by atoms with E-state index >= 15 is 0 Å². The molecule has 2 unspecified atom stereocenters. The fourth-order valence-corrected chi connectivity index (χ4v) is 3.22. The summed E-state index contributed by atoms with van der Waals surface area (Å²) in [5, 5.41) is 12.0. The van der Waals surface area contributed by atoms with Crippen LogP contribution in [0.25, 0.3) is 0 Å². The first-order valence-electron chi connectivity index (χ1n) is 9.67. The minimum absolute atomic E-state index is 0.0781. The third-order valence-electron chi connectivity index (χ3n) is 4.72. The number of hydrogen-bond donors (Lipinski definition) is 2. The van der Waals surface area contributed by atoms with Gasteiger partial charge in [0.25, 0.3) is 0 Å². The molecule has 1 aromatic rings. The maximum absolute atomic E-state index is 12.6. The first kappa shape index (κ1) is 21.9. The number of hydrogen-bond acceptors (Lipinski definition) is 4. The van der Waals surface area contributed by atoms with Crippen molar-refractivity contribution in [2.45, 2.75) is 58.6 Å². The highest BCUT2D eigenvalue weighted by atomic mass is 16.5. The fraction of sp³-hybridized carbons (Fsp3) is 0.571. The van der Waals surface area contributed by atoms with E-state index in [0.29, 0.717) is 0 Å². The van der Waals surface area contributed by atoms with Gasteiger partial charge in [0.15, 0.2) is 0 Å². The van der Waals surface area contributed by atoms with E-state index in [1.807, 2.05) is 52.0 Å². The van der Waals surface area contributed by atoms with Crippen molar-refractivity contribution >= 4 is 23.5 Å². The highest BCUT2D eigenvalue weighted by Crippen LogP contribution is 2.28. The zero-order valence-corrected chi connectivity index (χ0v) is 17.0. The van der Waals surface area contributed by atoms with Crippen LogP contribution in [0.3, 0.4) is 0 Å². The third-order valence-corrected chi connectivity index (χ3v) is 4.72. The average molecular weight is 390 g/mol. The van der Waals surface area contributed by atoms with Crippen LogP contribution in [-0.2, 0) is 25.5 Å². The molecule has 0 saturated carbocycles. The van der Waals surface area contributed by atoms with Crippen molar-refractivity contribution in [3.8, 4) is 0 Å². The summed E-state index contributed by atoms with van der Waals surface area (Å²) < 4.78 is 5.56. The Kier molecular flexibility index (Phi) is 7.18. The monoisotopic (exact) mass is 390 g/mol. The third kappa shape index (κ3) is 5.79. The normalized spacial score (nSPS) is 18.2. The molecule has 0 bridgehead atoms. The number of aryl methyl sites for hydroxylation is 1. The molecule has 2 N–H and O–H groups in total. The second-order valence-corrected chi connectivity index (χ2v) is 8.04. The zero-order chi connectivity index (χ0) is 20.9. The molecule has 7 heteroatoms. The lowest BCUT2D eigenvalue weighted by Crippen LogP contribution is -2.45. The Hall–Kier alpha value is -2.41. The lowest BCUT2D eigenvalue weighted by Gasteiger charge is -2.22. The molecule has 1 aliphatic heterocycles. The number of rotatable bonds is 8. The van der Waals surface area contributed by atoms with Crippen LogP contribution in [-0.4, -0.2) is 47.7 Å². The van der Waals surface area contributed by atoms with Gasteiger partial charge in [-0.05, 0) is 38.8 Å². The number of carbonyl (C=O) groups is 3. The highest BCUT2D eigenvalue weighted by Gasteiger charge is 2.37. The van der Waals surface area contributed by atoms with Crippen LogP contribution >= 0.6 is 0 Å². The summed E-state index contributed by atoms with van der Waals surface area (Å²) in [5.41, 5.74) is 1.48. The van der Waals surface area contributed by atoms with Crippen LogP contribution in [0.5, 0.6) is 0 Å². The number of aliphatic carboxylic acids is 1. The zero-order valence-electron chi connectivity index (χ0n) is 17.0. The topological polar surface area (TPSA) is 95.9 Å². The maximum Gasteiger partial charge on any atom is 0.326 e. The van der Waals surface area contributed by atoms with Gasteiger partial charge < -0.3 is 20.1 Å². The standard InChI is InChI=1S/C21H30N2O5/c1-5-14-8-6-7-9-17(14)23-13-15(12-18(23)24)19(25)22-16(20(26)27)10-11-28-21(2,3)4/h6-9,15-16H,5,10-13H2,1-4H3,(H,22,25)(H,26,27). The molecule has 7 nitrogen and oxygen atoms in total. The molecule has 2 amide bonds. The molecular formula is C21H30N2O5. The number of nitrogens with one attached hydrogen (secondary N) is 1. The Morgan fingerprint density at radius 3 is 2.61 bits per heavy atom. The highest BCUT2D eigenvalue weighted by molar-refractivity contribution is 6.01. The summed E-state index contributed by atoms with van der Waals surface area (Å²) in [5.74, 6) is -2.21. The minimum atomic E-state index is -1.11. The summed E-state index contributed by atoms with van der Waals surface area (Å²) in [6.45, 7) is 8.14. The molecule has 1 heterocycles. The average Bonchev–Trinajstić information content (AvgIpc) is 3.01. The van der Waals surface area contributed by atoms with Gasteiger partial charge in [-0.1, -0.05) is 25.1 Å². The largest absolute Gasteiger partial charge is 0.480 e. The van der Waals surface area contributed by atoms with E-state index in [2.05, 4.69) is 5.32 Å². The molecule has 2 rings (SSSR count). The van der Waals surface area contributed by atoms with E-state index in [1.165, 1.54) is 0 Å². The van der Waals surface area contributed by atoms with Gasteiger partial charge in [0, 0.05) is 31.7 Å². The van der Waals surface area contributed by atoms with Crippen LogP contribution < -0.4 is 10.2 Å². The molecule has 2 atom stereocenters. The summed E-state index contributed by atoms with van der Waals surface area (Å²) in [4.78, 5) is 38.2. The van der Waals surface area contributed by atoms with Gasteiger partial charge in [0.1, 0.15) is 6.04 Å². The van der Waals surface area contributed by atoms with E-state index in [9.17, 15) is 19.5 Å². The number of carboxylic acid groups (broad SMARTS) is 1. The molecule has 1 aromatic carbocycles. The lowest BCUT2D eigenvalue weighted by atomic mass is 10.1. The first-order chi connectivity index (χ1) is 13.1.